The topological polar surface area (TPSA) is 88.5 Å². The summed E-state index contributed by atoms with van der Waals surface area (Å²) in [4.78, 5) is 20.4. The fraction of sp³-hybridized carbons (Fsp3) is 0.667. The third kappa shape index (κ3) is 5.84. The molecular weight excluding hydrogens is 184 g/mol. The van der Waals surface area contributed by atoms with Crippen molar-refractivity contribution in [1.82, 2.24) is 0 Å². The molecular formula is C6H10O5S. The van der Waals surface area contributed by atoms with Crippen LogP contribution in [0.4, 0.5) is 0 Å². The second-order valence-corrected chi connectivity index (χ2v) is 4.62. The third-order valence-corrected chi connectivity index (χ3v) is 2.62. The number of carboxylic acids is 1. The maximum absolute atomic E-state index is 10.8. The minimum absolute atomic E-state index is 0.115. The van der Waals surface area contributed by atoms with E-state index in [2.05, 4.69) is 0 Å². The summed E-state index contributed by atoms with van der Waals surface area (Å²) in [6.07, 6.45) is -0.115. The number of aliphatic carboxylic acids is 1. The van der Waals surface area contributed by atoms with Gasteiger partial charge in [0.15, 0.2) is 9.84 Å². The molecule has 1 N–H and O–H groups in total. The number of rotatable bonds is 5. The van der Waals surface area contributed by atoms with Gasteiger partial charge in [-0.15, -0.1) is 0 Å². The van der Waals surface area contributed by atoms with Crippen molar-refractivity contribution in [1.29, 1.82) is 0 Å². The summed E-state index contributed by atoms with van der Waals surface area (Å²) >= 11 is 0. The quantitative estimate of drug-likeness (QED) is 0.635. The van der Waals surface area contributed by atoms with Crippen LogP contribution in [0, 0.1) is 0 Å². The summed E-state index contributed by atoms with van der Waals surface area (Å²) in [6.45, 7) is 1.26. The second-order valence-electron chi connectivity index (χ2n) is 2.44. The van der Waals surface area contributed by atoms with E-state index in [0.29, 0.717) is 0 Å². The average Bonchev–Trinajstić information content (AvgIpc) is 1.81. The summed E-state index contributed by atoms with van der Waals surface area (Å²) in [5.74, 6) is -2.93. The smallest absolute Gasteiger partial charge is 0.318 e. The van der Waals surface area contributed by atoms with Crippen LogP contribution in [0.2, 0.25) is 0 Å². The van der Waals surface area contributed by atoms with Crippen LogP contribution in [0.3, 0.4) is 0 Å². The van der Waals surface area contributed by atoms with Crippen molar-refractivity contribution in [3.63, 3.8) is 0 Å². The molecule has 12 heavy (non-hydrogen) atoms. The van der Waals surface area contributed by atoms with Crippen LogP contribution in [0.5, 0.6) is 0 Å². The molecule has 70 valence electrons. The number of sulfone groups is 1. The summed E-state index contributed by atoms with van der Waals surface area (Å²) in [5.41, 5.74) is 0. The van der Waals surface area contributed by atoms with E-state index in [0.717, 1.165) is 0 Å². The average molecular weight is 194 g/mol. The molecule has 0 saturated heterocycles. The van der Waals surface area contributed by atoms with Crippen molar-refractivity contribution in [3.8, 4) is 0 Å². The first-order valence-corrected chi connectivity index (χ1v) is 5.07. The Labute approximate surface area is 70.3 Å². The lowest BCUT2D eigenvalue weighted by Crippen LogP contribution is -2.19. The van der Waals surface area contributed by atoms with Crippen LogP contribution in [-0.4, -0.2) is 36.8 Å². The number of carbonyl (C=O) groups excluding carboxylic acids is 1. The molecule has 0 aromatic heterocycles. The van der Waals surface area contributed by atoms with Crippen LogP contribution in [0.15, 0.2) is 0 Å². The first-order chi connectivity index (χ1) is 5.33. The van der Waals surface area contributed by atoms with Crippen LogP contribution in [-0.2, 0) is 19.4 Å². The van der Waals surface area contributed by atoms with Gasteiger partial charge in [-0.2, -0.15) is 0 Å². The Balaban J connectivity index is 4.06. The molecule has 0 fully saturated rings. The first-order valence-electron chi connectivity index (χ1n) is 3.25. The van der Waals surface area contributed by atoms with E-state index in [1.807, 2.05) is 0 Å². The van der Waals surface area contributed by atoms with E-state index in [1.54, 1.807) is 0 Å². The van der Waals surface area contributed by atoms with E-state index in [-0.39, 0.29) is 18.0 Å². The minimum atomic E-state index is -3.60. The molecule has 0 saturated carbocycles. The molecule has 0 spiro atoms. The van der Waals surface area contributed by atoms with Crippen molar-refractivity contribution < 1.29 is 23.1 Å². The van der Waals surface area contributed by atoms with Crippen LogP contribution >= 0.6 is 0 Å². The van der Waals surface area contributed by atoms with Crippen molar-refractivity contribution in [2.75, 3.05) is 11.5 Å². The number of Topliss-reactive ketones (excluding diaryl/α,β-unsaturated/α-hetero) is 1. The number of carbonyl (C=O) groups is 2. The number of ketones is 1. The van der Waals surface area contributed by atoms with Crippen LogP contribution in [0.1, 0.15) is 13.3 Å². The Hall–Kier alpha value is -0.910. The molecule has 0 rings (SSSR count). The predicted molar refractivity (Wildman–Crippen MR) is 41.6 cm³/mol. The highest BCUT2D eigenvalue weighted by molar-refractivity contribution is 7.92. The van der Waals surface area contributed by atoms with Gasteiger partial charge in [0.25, 0.3) is 0 Å². The van der Waals surface area contributed by atoms with Gasteiger partial charge in [0, 0.05) is 6.42 Å². The van der Waals surface area contributed by atoms with Gasteiger partial charge < -0.3 is 5.11 Å². The number of carboxylic acid groups (broad SMARTS) is 1. The largest absolute Gasteiger partial charge is 0.480 e. The highest BCUT2D eigenvalue weighted by Gasteiger charge is 2.15. The van der Waals surface area contributed by atoms with E-state index >= 15 is 0 Å². The Morgan fingerprint density at radius 2 is 1.83 bits per heavy atom. The highest BCUT2D eigenvalue weighted by atomic mass is 32.2. The summed E-state index contributed by atoms with van der Waals surface area (Å²) in [5, 5.41) is 8.15. The lowest BCUT2D eigenvalue weighted by atomic mass is 10.4. The van der Waals surface area contributed by atoms with Crippen molar-refractivity contribution in [2.24, 2.45) is 0 Å². The molecule has 0 aliphatic carbocycles. The van der Waals surface area contributed by atoms with Gasteiger partial charge in [0.05, 0.1) is 5.75 Å². The van der Waals surface area contributed by atoms with Crippen molar-refractivity contribution in [2.45, 2.75) is 13.3 Å². The number of hydrogen-bond donors (Lipinski definition) is 1. The monoisotopic (exact) mass is 194 g/mol. The Morgan fingerprint density at radius 3 is 2.17 bits per heavy atom. The van der Waals surface area contributed by atoms with Gasteiger partial charge in [-0.05, 0) is 6.92 Å². The van der Waals surface area contributed by atoms with Crippen LogP contribution < -0.4 is 0 Å². The van der Waals surface area contributed by atoms with Gasteiger partial charge in [-0.3, -0.25) is 9.59 Å². The second kappa shape index (κ2) is 4.20. The summed E-state index contributed by atoms with van der Waals surface area (Å²) in [7, 11) is -3.60. The van der Waals surface area contributed by atoms with Gasteiger partial charge in [-0.1, -0.05) is 0 Å². The highest BCUT2D eigenvalue weighted by Crippen LogP contribution is 1.94. The van der Waals surface area contributed by atoms with E-state index in [4.69, 9.17) is 5.11 Å². The van der Waals surface area contributed by atoms with Gasteiger partial charge in [0.1, 0.15) is 11.5 Å². The molecule has 0 aromatic rings. The molecule has 0 aliphatic rings. The first kappa shape index (κ1) is 11.1. The normalized spacial score (nSPS) is 11.1. The maximum atomic E-state index is 10.8. The van der Waals surface area contributed by atoms with E-state index < -0.39 is 21.6 Å². The van der Waals surface area contributed by atoms with E-state index in [1.165, 1.54) is 6.92 Å². The third-order valence-electron chi connectivity index (χ3n) is 1.11. The minimum Gasteiger partial charge on any atom is -0.480 e. The SMILES string of the molecule is CC(=O)CCS(=O)(=O)CC(=O)O. The fourth-order valence-corrected chi connectivity index (χ4v) is 1.68. The van der Waals surface area contributed by atoms with Crippen molar-refractivity contribution >= 4 is 21.6 Å². The maximum Gasteiger partial charge on any atom is 0.318 e. The molecule has 0 aromatic carbocycles. The molecule has 0 amide bonds. The molecule has 0 atom stereocenters. The van der Waals surface area contributed by atoms with Gasteiger partial charge in [-0.25, -0.2) is 8.42 Å². The molecule has 0 bridgehead atoms. The standard InChI is InChI=1S/C6H10O5S/c1-5(7)2-3-12(10,11)4-6(8)9/h2-4H2,1H3,(H,8,9). The number of hydrogen-bond acceptors (Lipinski definition) is 4. The van der Waals surface area contributed by atoms with Gasteiger partial charge >= 0.3 is 5.97 Å². The Kier molecular flexibility index (Phi) is 3.88. The van der Waals surface area contributed by atoms with E-state index in [9.17, 15) is 18.0 Å². The molecule has 0 heterocycles. The predicted octanol–water partition coefficient (Wildman–Crippen LogP) is -0.535. The van der Waals surface area contributed by atoms with Crippen molar-refractivity contribution in [3.05, 3.63) is 0 Å². The Bertz CT molecular complexity index is 276. The lowest BCUT2D eigenvalue weighted by Gasteiger charge is -1.97. The summed E-state index contributed by atoms with van der Waals surface area (Å²) in [6, 6.07) is 0. The van der Waals surface area contributed by atoms with Crippen LogP contribution in [0.25, 0.3) is 0 Å². The Morgan fingerprint density at radius 1 is 1.33 bits per heavy atom. The molecule has 5 nitrogen and oxygen atoms in total. The molecule has 0 unspecified atom stereocenters. The molecule has 0 aliphatic heterocycles. The molecule has 0 radical (unpaired) electrons. The summed E-state index contributed by atoms with van der Waals surface area (Å²) < 4.78 is 21.6. The zero-order chi connectivity index (χ0) is 9.78. The zero-order valence-corrected chi connectivity index (χ0v) is 7.43. The molecule has 6 heteroatoms. The zero-order valence-electron chi connectivity index (χ0n) is 6.61. The fourth-order valence-electron chi connectivity index (χ4n) is 0.560. The lowest BCUT2D eigenvalue weighted by molar-refractivity contribution is -0.134. The van der Waals surface area contributed by atoms with Gasteiger partial charge in [0.2, 0.25) is 0 Å².